The van der Waals surface area contributed by atoms with E-state index in [1.54, 1.807) is 19.1 Å². The standard InChI is InChI=1S/C18H16Cl2FN3O3/c1-11(8-17(25)22-14-5-3-13(21)4-6-14)23-24-18(26)10-27-16-7-2-12(19)9-15(16)20/h2-7,9H,8,10H2,1H3,(H,22,25)(H,24,26)/b23-11-. The zero-order chi connectivity index (χ0) is 19.8. The van der Waals surface area contributed by atoms with Crippen LogP contribution in [0.2, 0.25) is 10.0 Å². The first kappa shape index (κ1) is 20.7. The first-order valence-corrected chi connectivity index (χ1v) is 8.54. The van der Waals surface area contributed by atoms with Crippen molar-refractivity contribution in [3.63, 3.8) is 0 Å². The van der Waals surface area contributed by atoms with Crippen LogP contribution >= 0.6 is 23.2 Å². The Hall–Kier alpha value is -2.64. The summed E-state index contributed by atoms with van der Waals surface area (Å²) in [6.07, 6.45) is -0.0402. The lowest BCUT2D eigenvalue weighted by molar-refractivity contribution is -0.123. The molecule has 0 unspecified atom stereocenters. The molecule has 0 saturated heterocycles. The van der Waals surface area contributed by atoms with Crippen molar-refractivity contribution in [2.24, 2.45) is 5.10 Å². The minimum absolute atomic E-state index is 0.0402. The highest BCUT2D eigenvalue weighted by Crippen LogP contribution is 2.27. The van der Waals surface area contributed by atoms with Gasteiger partial charge in [0.25, 0.3) is 5.91 Å². The zero-order valence-corrected chi connectivity index (χ0v) is 15.8. The molecule has 0 aliphatic heterocycles. The summed E-state index contributed by atoms with van der Waals surface area (Å²) < 4.78 is 18.1. The van der Waals surface area contributed by atoms with Crippen molar-refractivity contribution in [1.82, 2.24) is 5.43 Å². The second kappa shape index (κ2) is 9.89. The van der Waals surface area contributed by atoms with Gasteiger partial charge in [-0.25, -0.2) is 9.82 Å². The van der Waals surface area contributed by atoms with Crippen molar-refractivity contribution in [2.45, 2.75) is 13.3 Å². The number of nitrogens with zero attached hydrogens (tertiary/aromatic N) is 1. The molecule has 27 heavy (non-hydrogen) atoms. The number of halogens is 3. The van der Waals surface area contributed by atoms with Gasteiger partial charge in [-0.15, -0.1) is 0 Å². The number of hydrogen-bond acceptors (Lipinski definition) is 4. The second-order valence-corrected chi connectivity index (χ2v) is 6.32. The van der Waals surface area contributed by atoms with E-state index in [1.807, 2.05) is 0 Å². The van der Waals surface area contributed by atoms with Gasteiger partial charge in [-0.05, 0) is 49.4 Å². The Balaban J connectivity index is 1.77. The van der Waals surface area contributed by atoms with E-state index in [1.165, 1.54) is 30.3 Å². The molecule has 0 aliphatic rings. The van der Waals surface area contributed by atoms with E-state index in [0.29, 0.717) is 22.2 Å². The predicted molar refractivity (Wildman–Crippen MR) is 103 cm³/mol. The fourth-order valence-corrected chi connectivity index (χ4v) is 2.40. The van der Waals surface area contributed by atoms with Gasteiger partial charge in [0.15, 0.2) is 6.61 Å². The maximum absolute atomic E-state index is 12.8. The van der Waals surface area contributed by atoms with Gasteiger partial charge < -0.3 is 10.1 Å². The van der Waals surface area contributed by atoms with Gasteiger partial charge in [0.2, 0.25) is 5.91 Å². The molecule has 0 fully saturated rings. The van der Waals surface area contributed by atoms with Crippen molar-refractivity contribution in [3.8, 4) is 5.75 Å². The van der Waals surface area contributed by atoms with Crippen LogP contribution in [-0.4, -0.2) is 24.1 Å². The van der Waals surface area contributed by atoms with Gasteiger partial charge in [-0.3, -0.25) is 9.59 Å². The highest BCUT2D eigenvalue weighted by Gasteiger charge is 2.08. The van der Waals surface area contributed by atoms with Crippen LogP contribution in [0.4, 0.5) is 10.1 Å². The Morgan fingerprint density at radius 1 is 1.11 bits per heavy atom. The van der Waals surface area contributed by atoms with Crippen molar-refractivity contribution >= 4 is 46.4 Å². The molecule has 0 aromatic heterocycles. The fraction of sp³-hybridized carbons (Fsp3) is 0.167. The maximum atomic E-state index is 12.8. The summed E-state index contributed by atoms with van der Waals surface area (Å²) in [4.78, 5) is 23.6. The van der Waals surface area contributed by atoms with E-state index >= 15 is 0 Å². The topological polar surface area (TPSA) is 79.8 Å². The number of amides is 2. The zero-order valence-electron chi connectivity index (χ0n) is 14.3. The molecule has 0 atom stereocenters. The van der Waals surface area contributed by atoms with Crippen LogP contribution in [0.15, 0.2) is 47.6 Å². The molecular weight excluding hydrogens is 396 g/mol. The average Bonchev–Trinajstić information content (AvgIpc) is 2.61. The quantitative estimate of drug-likeness (QED) is 0.532. The summed E-state index contributed by atoms with van der Waals surface area (Å²) in [6, 6.07) is 10.0. The van der Waals surface area contributed by atoms with Crippen molar-refractivity contribution < 1.29 is 18.7 Å². The lowest BCUT2D eigenvalue weighted by Gasteiger charge is -2.08. The van der Waals surface area contributed by atoms with Crippen molar-refractivity contribution in [1.29, 1.82) is 0 Å². The van der Waals surface area contributed by atoms with Crippen LogP contribution in [0.25, 0.3) is 0 Å². The lowest BCUT2D eigenvalue weighted by atomic mass is 10.2. The highest BCUT2D eigenvalue weighted by molar-refractivity contribution is 6.35. The first-order chi connectivity index (χ1) is 12.8. The third kappa shape index (κ3) is 7.24. The van der Waals surface area contributed by atoms with Crippen LogP contribution in [0.5, 0.6) is 5.75 Å². The van der Waals surface area contributed by atoms with E-state index in [4.69, 9.17) is 27.9 Å². The smallest absolute Gasteiger partial charge is 0.277 e. The normalized spacial score (nSPS) is 11.0. The monoisotopic (exact) mass is 411 g/mol. The van der Waals surface area contributed by atoms with E-state index in [2.05, 4.69) is 15.8 Å². The largest absolute Gasteiger partial charge is 0.482 e. The van der Waals surface area contributed by atoms with E-state index in [-0.39, 0.29) is 24.0 Å². The second-order valence-electron chi connectivity index (χ2n) is 5.48. The molecule has 2 N–H and O–H groups in total. The number of carbonyl (C=O) groups is 2. The van der Waals surface area contributed by atoms with Crippen molar-refractivity contribution in [2.75, 3.05) is 11.9 Å². The minimum atomic E-state index is -0.515. The number of nitrogens with one attached hydrogen (secondary N) is 2. The van der Waals surface area contributed by atoms with Gasteiger partial charge in [0.05, 0.1) is 11.4 Å². The third-order valence-electron chi connectivity index (χ3n) is 3.17. The Labute approximate surface area is 165 Å². The Morgan fingerprint density at radius 3 is 2.48 bits per heavy atom. The molecule has 0 spiro atoms. The molecule has 0 radical (unpaired) electrons. The number of ether oxygens (including phenoxy) is 1. The van der Waals surface area contributed by atoms with Gasteiger partial charge in [-0.1, -0.05) is 23.2 Å². The molecular formula is C18H16Cl2FN3O3. The fourth-order valence-electron chi connectivity index (χ4n) is 1.94. The Kier molecular flexibility index (Phi) is 7.57. The van der Waals surface area contributed by atoms with Gasteiger partial charge in [0.1, 0.15) is 11.6 Å². The number of carbonyl (C=O) groups excluding carboxylic acids is 2. The maximum Gasteiger partial charge on any atom is 0.277 e. The van der Waals surface area contributed by atoms with Crippen LogP contribution < -0.4 is 15.5 Å². The highest BCUT2D eigenvalue weighted by atomic mass is 35.5. The molecule has 9 heteroatoms. The molecule has 0 saturated carbocycles. The van der Waals surface area contributed by atoms with E-state index in [0.717, 1.165) is 0 Å². The van der Waals surface area contributed by atoms with Crippen LogP contribution in [-0.2, 0) is 9.59 Å². The summed E-state index contributed by atoms with van der Waals surface area (Å²) in [5.74, 6) is -0.938. The molecule has 2 amide bonds. The summed E-state index contributed by atoms with van der Waals surface area (Å²) in [5.41, 5.74) is 3.13. The number of rotatable bonds is 7. The van der Waals surface area contributed by atoms with Crippen molar-refractivity contribution in [3.05, 3.63) is 58.3 Å². The summed E-state index contributed by atoms with van der Waals surface area (Å²) >= 11 is 11.7. The lowest BCUT2D eigenvalue weighted by Crippen LogP contribution is -2.26. The number of anilines is 1. The number of hydrogen-bond donors (Lipinski definition) is 2. The van der Waals surface area contributed by atoms with Crippen LogP contribution in [0, 0.1) is 5.82 Å². The molecule has 2 rings (SSSR count). The van der Waals surface area contributed by atoms with Gasteiger partial charge in [-0.2, -0.15) is 5.10 Å². The van der Waals surface area contributed by atoms with Crippen LogP contribution in [0.1, 0.15) is 13.3 Å². The molecule has 2 aromatic carbocycles. The Bertz CT molecular complexity index is 857. The van der Waals surface area contributed by atoms with E-state index in [9.17, 15) is 14.0 Å². The summed E-state index contributed by atoms with van der Waals surface area (Å²) in [7, 11) is 0. The first-order valence-electron chi connectivity index (χ1n) is 7.79. The number of hydrazone groups is 1. The number of benzene rings is 2. The minimum Gasteiger partial charge on any atom is -0.482 e. The van der Waals surface area contributed by atoms with Gasteiger partial charge in [0, 0.05) is 16.4 Å². The SMILES string of the molecule is C/C(CC(=O)Nc1ccc(F)cc1)=N/NC(=O)COc1ccc(Cl)cc1Cl. The molecule has 0 aliphatic carbocycles. The average molecular weight is 412 g/mol. The molecule has 0 bridgehead atoms. The van der Waals surface area contributed by atoms with Gasteiger partial charge >= 0.3 is 0 Å². The molecule has 6 nitrogen and oxygen atoms in total. The Morgan fingerprint density at radius 2 is 1.81 bits per heavy atom. The van der Waals surface area contributed by atoms with Crippen LogP contribution in [0.3, 0.4) is 0 Å². The molecule has 2 aromatic rings. The predicted octanol–water partition coefficient (Wildman–Crippen LogP) is 4.03. The molecule has 142 valence electrons. The van der Waals surface area contributed by atoms with E-state index < -0.39 is 11.7 Å². The summed E-state index contributed by atoms with van der Waals surface area (Å²) in [5, 5.41) is 7.17. The third-order valence-corrected chi connectivity index (χ3v) is 3.70. The molecule has 0 heterocycles. The summed E-state index contributed by atoms with van der Waals surface area (Å²) in [6.45, 7) is 1.28.